The Morgan fingerprint density at radius 3 is 2.76 bits per heavy atom. The molecule has 1 atom stereocenters. The number of aromatic hydroxyl groups is 1. The van der Waals surface area contributed by atoms with Gasteiger partial charge in [0.2, 0.25) is 0 Å². The molecule has 2 nitrogen and oxygen atoms in total. The smallest absolute Gasteiger partial charge is 0.122 e. The molecule has 94 valence electrons. The van der Waals surface area contributed by atoms with Gasteiger partial charge in [0.25, 0.3) is 0 Å². The summed E-state index contributed by atoms with van der Waals surface area (Å²) in [5.74, 6) is 1.26. The first-order valence-electron chi connectivity index (χ1n) is 6.69. The van der Waals surface area contributed by atoms with Gasteiger partial charge in [-0.25, -0.2) is 0 Å². The number of nitrogens with one attached hydrogen (secondary N) is 1. The molecule has 0 bridgehead atoms. The third-order valence-corrected chi connectivity index (χ3v) is 4.04. The second-order valence-corrected chi connectivity index (χ2v) is 5.30. The third kappa shape index (κ3) is 3.01. The van der Waals surface area contributed by atoms with Gasteiger partial charge in [0.1, 0.15) is 5.75 Å². The van der Waals surface area contributed by atoms with E-state index in [9.17, 15) is 5.11 Å². The zero-order valence-electron chi connectivity index (χ0n) is 10.9. The van der Waals surface area contributed by atoms with Crippen LogP contribution in [0.3, 0.4) is 0 Å². The molecule has 2 heteroatoms. The highest BCUT2D eigenvalue weighted by molar-refractivity contribution is 5.39. The zero-order chi connectivity index (χ0) is 12.3. The first kappa shape index (κ1) is 12.4. The number of hydrogen-bond donors (Lipinski definition) is 2. The van der Waals surface area contributed by atoms with Crippen LogP contribution in [-0.2, 0) is 6.54 Å². The van der Waals surface area contributed by atoms with Crippen LogP contribution in [0.5, 0.6) is 5.75 Å². The quantitative estimate of drug-likeness (QED) is 0.835. The number of phenols is 1. The van der Waals surface area contributed by atoms with E-state index in [4.69, 9.17) is 0 Å². The van der Waals surface area contributed by atoms with Crippen molar-refractivity contribution in [2.75, 3.05) is 0 Å². The molecule has 0 aliphatic heterocycles. The maximum absolute atomic E-state index is 9.94. The molecule has 17 heavy (non-hydrogen) atoms. The second-order valence-electron chi connectivity index (χ2n) is 5.30. The van der Waals surface area contributed by atoms with E-state index in [-0.39, 0.29) is 0 Å². The number of hydrogen-bond acceptors (Lipinski definition) is 2. The summed E-state index contributed by atoms with van der Waals surface area (Å²) >= 11 is 0. The minimum absolute atomic E-state index is 0.443. The van der Waals surface area contributed by atoms with Crippen LogP contribution < -0.4 is 5.32 Å². The Bertz CT molecular complexity index is 369. The fourth-order valence-corrected chi connectivity index (χ4v) is 2.76. The van der Waals surface area contributed by atoms with Crippen molar-refractivity contribution in [2.24, 2.45) is 5.92 Å². The maximum atomic E-state index is 9.94. The standard InChI is InChI=1S/C15H23NO/c1-11-6-5-9-14(15(11)17)10-16-12(2)13-7-3-4-8-13/h5-6,9,12-13,16-17H,3-4,7-8,10H2,1-2H3. The molecule has 0 saturated heterocycles. The summed E-state index contributed by atoms with van der Waals surface area (Å²) in [4.78, 5) is 0. The van der Waals surface area contributed by atoms with E-state index in [1.807, 2.05) is 25.1 Å². The molecule has 1 aromatic carbocycles. The topological polar surface area (TPSA) is 32.3 Å². The Morgan fingerprint density at radius 2 is 2.06 bits per heavy atom. The summed E-state index contributed by atoms with van der Waals surface area (Å²) < 4.78 is 0. The molecule has 0 aromatic heterocycles. The van der Waals surface area contributed by atoms with Crippen LogP contribution in [0.2, 0.25) is 0 Å². The van der Waals surface area contributed by atoms with Gasteiger partial charge in [-0.1, -0.05) is 31.0 Å². The third-order valence-electron chi connectivity index (χ3n) is 4.04. The molecule has 0 amide bonds. The molecule has 1 aromatic rings. The van der Waals surface area contributed by atoms with Gasteiger partial charge in [-0.2, -0.15) is 0 Å². The number of para-hydroxylation sites is 1. The average molecular weight is 233 g/mol. The molecule has 1 unspecified atom stereocenters. The van der Waals surface area contributed by atoms with E-state index >= 15 is 0 Å². The highest BCUT2D eigenvalue weighted by Crippen LogP contribution is 2.28. The maximum Gasteiger partial charge on any atom is 0.122 e. The Kier molecular flexibility index (Phi) is 4.06. The highest BCUT2D eigenvalue weighted by Gasteiger charge is 2.21. The van der Waals surface area contributed by atoms with Crippen molar-refractivity contribution >= 4 is 0 Å². The molecule has 1 saturated carbocycles. The molecular formula is C15H23NO. The number of phenolic OH excluding ortho intramolecular Hbond substituents is 1. The van der Waals surface area contributed by atoms with Crippen LogP contribution in [-0.4, -0.2) is 11.1 Å². The minimum atomic E-state index is 0.443. The lowest BCUT2D eigenvalue weighted by atomic mass is 9.99. The van der Waals surface area contributed by atoms with Crippen molar-refractivity contribution in [2.45, 2.75) is 52.1 Å². The van der Waals surface area contributed by atoms with Crippen LogP contribution >= 0.6 is 0 Å². The average Bonchev–Trinajstić information content (AvgIpc) is 2.84. The molecule has 0 heterocycles. The Balaban J connectivity index is 1.90. The van der Waals surface area contributed by atoms with Gasteiger partial charge in [0.15, 0.2) is 0 Å². The minimum Gasteiger partial charge on any atom is -0.507 e. The summed E-state index contributed by atoms with van der Waals surface area (Å²) in [6, 6.07) is 6.50. The van der Waals surface area contributed by atoms with E-state index in [0.717, 1.165) is 23.6 Å². The largest absolute Gasteiger partial charge is 0.507 e. The monoisotopic (exact) mass is 233 g/mol. The van der Waals surface area contributed by atoms with Crippen LogP contribution in [0.4, 0.5) is 0 Å². The van der Waals surface area contributed by atoms with Gasteiger partial charge in [-0.15, -0.1) is 0 Å². The van der Waals surface area contributed by atoms with Crippen molar-refractivity contribution in [1.82, 2.24) is 5.32 Å². The summed E-state index contributed by atoms with van der Waals surface area (Å²) in [6.07, 6.45) is 5.47. The Morgan fingerprint density at radius 1 is 1.35 bits per heavy atom. The molecule has 2 N–H and O–H groups in total. The predicted molar refractivity (Wildman–Crippen MR) is 71.1 cm³/mol. The van der Waals surface area contributed by atoms with Gasteiger partial charge in [-0.05, 0) is 38.2 Å². The number of aryl methyl sites for hydroxylation is 1. The number of rotatable bonds is 4. The van der Waals surface area contributed by atoms with Gasteiger partial charge < -0.3 is 10.4 Å². The molecule has 1 aliphatic rings. The summed E-state index contributed by atoms with van der Waals surface area (Å²) in [6.45, 7) is 4.98. The first-order chi connectivity index (χ1) is 8.18. The summed E-state index contributed by atoms with van der Waals surface area (Å²) in [5, 5.41) is 13.5. The van der Waals surface area contributed by atoms with Gasteiger partial charge in [-0.3, -0.25) is 0 Å². The Hall–Kier alpha value is -1.02. The molecule has 0 spiro atoms. The predicted octanol–water partition coefficient (Wildman–Crippen LogP) is 3.37. The van der Waals surface area contributed by atoms with Crippen molar-refractivity contribution < 1.29 is 5.11 Å². The van der Waals surface area contributed by atoms with E-state index < -0.39 is 0 Å². The molecule has 2 rings (SSSR count). The van der Waals surface area contributed by atoms with E-state index in [2.05, 4.69) is 12.2 Å². The van der Waals surface area contributed by atoms with Crippen LogP contribution in [0, 0.1) is 12.8 Å². The van der Waals surface area contributed by atoms with E-state index in [0.29, 0.717) is 11.8 Å². The van der Waals surface area contributed by atoms with Crippen molar-refractivity contribution in [3.8, 4) is 5.75 Å². The summed E-state index contributed by atoms with van der Waals surface area (Å²) in [7, 11) is 0. The molecule has 0 radical (unpaired) electrons. The van der Waals surface area contributed by atoms with Crippen molar-refractivity contribution in [3.05, 3.63) is 29.3 Å². The van der Waals surface area contributed by atoms with Gasteiger partial charge in [0.05, 0.1) is 0 Å². The van der Waals surface area contributed by atoms with Crippen molar-refractivity contribution in [1.29, 1.82) is 0 Å². The van der Waals surface area contributed by atoms with Crippen LogP contribution in [0.25, 0.3) is 0 Å². The lowest BCUT2D eigenvalue weighted by Gasteiger charge is -2.20. The summed E-state index contributed by atoms with van der Waals surface area (Å²) in [5.41, 5.74) is 1.97. The van der Waals surface area contributed by atoms with E-state index in [1.54, 1.807) is 0 Å². The number of benzene rings is 1. The Labute approximate surface area is 104 Å². The SMILES string of the molecule is Cc1cccc(CNC(C)C2CCCC2)c1O. The normalized spacial score (nSPS) is 18.5. The highest BCUT2D eigenvalue weighted by atomic mass is 16.3. The van der Waals surface area contributed by atoms with Crippen LogP contribution in [0.15, 0.2) is 18.2 Å². The lowest BCUT2D eigenvalue weighted by molar-refractivity contribution is 0.376. The first-order valence-corrected chi connectivity index (χ1v) is 6.69. The zero-order valence-corrected chi connectivity index (χ0v) is 10.9. The molecular weight excluding hydrogens is 210 g/mol. The van der Waals surface area contributed by atoms with E-state index in [1.165, 1.54) is 25.7 Å². The fraction of sp³-hybridized carbons (Fsp3) is 0.600. The van der Waals surface area contributed by atoms with Gasteiger partial charge >= 0.3 is 0 Å². The van der Waals surface area contributed by atoms with Crippen molar-refractivity contribution in [3.63, 3.8) is 0 Å². The fourth-order valence-electron chi connectivity index (χ4n) is 2.76. The lowest BCUT2D eigenvalue weighted by Crippen LogP contribution is -2.31. The van der Waals surface area contributed by atoms with Gasteiger partial charge in [0, 0.05) is 18.2 Å². The molecule has 1 aliphatic carbocycles. The second kappa shape index (κ2) is 5.54. The van der Waals surface area contributed by atoms with Crippen LogP contribution in [0.1, 0.15) is 43.7 Å². The molecule has 1 fully saturated rings.